The van der Waals surface area contributed by atoms with Crippen LogP contribution in [0.5, 0.6) is 0 Å². The largest absolute Gasteiger partial charge is 0.0837 e. The lowest BCUT2D eigenvalue weighted by atomic mass is 9.78. The third-order valence-electron chi connectivity index (χ3n) is 8.24. The van der Waals surface area contributed by atoms with E-state index in [4.69, 9.17) is 11.6 Å². The van der Waals surface area contributed by atoms with E-state index in [1.165, 1.54) is 65.7 Å². The Labute approximate surface area is 235 Å². The fourth-order valence-corrected chi connectivity index (χ4v) is 7.35. The summed E-state index contributed by atoms with van der Waals surface area (Å²) < 4.78 is 1.13. The zero-order chi connectivity index (χ0) is 25.4. The Hall–Kier alpha value is -3.65. The molecule has 6 aromatic carbocycles. The number of allylic oxidation sites excluding steroid dienone is 4. The molecule has 0 nitrogen and oxygen atoms in total. The maximum atomic E-state index is 6.98. The predicted octanol–water partition coefficient (Wildman–Crippen LogP) is 11.5. The maximum Gasteiger partial charge on any atom is 0.0484 e. The summed E-state index contributed by atoms with van der Waals surface area (Å²) in [4.78, 5) is 0. The quantitative estimate of drug-likeness (QED) is 0.182. The maximum absolute atomic E-state index is 6.98. The Morgan fingerprint density at radius 3 is 2.16 bits per heavy atom. The van der Waals surface area contributed by atoms with E-state index in [0.29, 0.717) is 5.92 Å². The van der Waals surface area contributed by atoms with Crippen LogP contribution in [0, 0.1) is 0 Å². The highest BCUT2D eigenvalue weighted by atomic mass is 79.9. The highest BCUT2D eigenvalue weighted by Crippen LogP contribution is 2.58. The summed E-state index contributed by atoms with van der Waals surface area (Å²) in [6.07, 6.45) is 10.0. The first-order valence-electron chi connectivity index (χ1n) is 13.0. The van der Waals surface area contributed by atoms with E-state index in [-0.39, 0.29) is 0 Å². The van der Waals surface area contributed by atoms with Crippen molar-refractivity contribution in [1.29, 1.82) is 0 Å². The molecule has 6 aromatic rings. The fourth-order valence-electron chi connectivity index (χ4n) is 6.66. The predicted molar refractivity (Wildman–Crippen MR) is 167 cm³/mol. The van der Waals surface area contributed by atoms with Gasteiger partial charge in [-0.15, -0.1) is 0 Å². The average molecular weight is 570 g/mol. The van der Waals surface area contributed by atoms with Crippen molar-refractivity contribution < 1.29 is 0 Å². The Bertz CT molecular complexity index is 2030. The van der Waals surface area contributed by atoms with E-state index in [0.717, 1.165) is 21.5 Å². The number of benzene rings is 6. The molecule has 0 amide bonds. The molecule has 0 aliphatic heterocycles. The molecule has 38 heavy (non-hydrogen) atoms. The molecular weight excluding hydrogens is 548 g/mol. The van der Waals surface area contributed by atoms with Gasteiger partial charge in [-0.05, 0) is 96.4 Å². The first kappa shape index (κ1) is 22.3. The third-order valence-corrected chi connectivity index (χ3v) is 9.26. The molecule has 8 rings (SSSR count). The summed E-state index contributed by atoms with van der Waals surface area (Å²) in [7, 11) is 0. The second-order valence-electron chi connectivity index (χ2n) is 10.2. The molecule has 2 heteroatoms. The van der Waals surface area contributed by atoms with Crippen LogP contribution in [0.15, 0.2) is 120 Å². The molecule has 0 aromatic heterocycles. The number of hydrogen-bond donors (Lipinski definition) is 0. The molecule has 0 fully saturated rings. The molecule has 0 N–H and O–H groups in total. The van der Waals surface area contributed by atoms with Crippen LogP contribution >= 0.6 is 27.5 Å². The summed E-state index contributed by atoms with van der Waals surface area (Å²) >= 11 is 10.8. The van der Waals surface area contributed by atoms with E-state index in [1.54, 1.807) is 0 Å². The smallest absolute Gasteiger partial charge is 0.0484 e. The van der Waals surface area contributed by atoms with Gasteiger partial charge in [0.25, 0.3) is 0 Å². The average Bonchev–Trinajstić information content (AvgIpc) is 3.28. The Morgan fingerprint density at radius 1 is 0.632 bits per heavy atom. The topological polar surface area (TPSA) is 0 Å². The highest BCUT2D eigenvalue weighted by Gasteiger charge is 2.32. The molecular formula is C36H22BrCl. The van der Waals surface area contributed by atoms with Gasteiger partial charge < -0.3 is 0 Å². The summed E-state index contributed by atoms with van der Waals surface area (Å²) in [5.41, 5.74) is 8.98. The van der Waals surface area contributed by atoms with Gasteiger partial charge in [-0.1, -0.05) is 119 Å². The molecule has 0 radical (unpaired) electrons. The van der Waals surface area contributed by atoms with Crippen LogP contribution in [-0.4, -0.2) is 0 Å². The molecule has 180 valence electrons. The Balaban J connectivity index is 1.66. The van der Waals surface area contributed by atoms with Crippen molar-refractivity contribution in [2.75, 3.05) is 0 Å². The van der Waals surface area contributed by atoms with Gasteiger partial charge in [-0.2, -0.15) is 0 Å². The van der Waals surface area contributed by atoms with Crippen LogP contribution in [0.2, 0.25) is 5.02 Å². The summed E-state index contributed by atoms with van der Waals surface area (Å²) in [6.45, 7) is 0. The van der Waals surface area contributed by atoms with Crippen molar-refractivity contribution in [3.05, 3.63) is 130 Å². The molecule has 2 aliphatic carbocycles. The SMILES string of the molecule is Clc1ccccc1-c1c2c(c(C3C=CC=CC3)c3cc4ccccc4cc13)-c1cccc3c(Br)ccc-2c13. The van der Waals surface area contributed by atoms with Crippen molar-refractivity contribution >= 4 is 59.8 Å². The number of hydrogen-bond acceptors (Lipinski definition) is 0. The zero-order valence-electron chi connectivity index (χ0n) is 20.5. The first-order chi connectivity index (χ1) is 18.7. The van der Waals surface area contributed by atoms with E-state index in [1.807, 2.05) is 12.1 Å². The van der Waals surface area contributed by atoms with Gasteiger partial charge in [-0.25, -0.2) is 0 Å². The molecule has 0 heterocycles. The number of halogens is 2. The minimum atomic E-state index is 0.297. The lowest BCUT2D eigenvalue weighted by Gasteiger charge is -2.25. The summed E-state index contributed by atoms with van der Waals surface area (Å²) in [6, 6.07) is 33.0. The zero-order valence-corrected chi connectivity index (χ0v) is 22.9. The lowest BCUT2D eigenvalue weighted by Crippen LogP contribution is -2.03. The Morgan fingerprint density at radius 2 is 1.37 bits per heavy atom. The number of rotatable bonds is 2. The molecule has 1 unspecified atom stereocenters. The molecule has 0 saturated carbocycles. The normalized spacial score (nSPS) is 15.6. The molecule has 0 saturated heterocycles. The second kappa shape index (κ2) is 8.43. The summed E-state index contributed by atoms with van der Waals surface area (Å²) in [5.74, 6) is 0.297. The van der Waals surface area contributed by atoms with E-state index < -0.39 is 0 Å². The van der Waals surface area contributed by atoms with Crippen LogP contribution in [0.3, 0.4) is 0 Å². The van der Waals surface area contributed by atoms with Crippen molar-refractivity contribution in [1.82, 2.24) is 0 Å². The fraction of sp³-hybridized carbons (Fsp3) is 0.0556. The van der Waals surface area contributed by atoms with Crippen molar-refractivity contribution in [3.8, 4) is 33.4 Å². The van der Waals surface area contributed by atoms with Gasteiger partial charge in [0, 0.05) is 21.0 Å². The van der Waals surface area contributed by atoms with Crippen molar-refractivity contribution in [2.45, 2.75) is 12.3 Å². The Kier molecular flexibility index (Phi) is 4.96. The van der Waals surface area contributed by atoms with Crippen LogP contribution < -0.4 is 0 Å². The molecule has 2 aliphatic rings. The second-order valence-corrected chi connectivity index (χ2v) is 11.5. The van der Waals surface area contributed by atoms with Crippen molar-refractivity contribution in [3.63, 3.8) is 0 Å². The van der Waals surface area contributed by atoms with Gasteiger partial charge in [0.2, 0.25) is 0 Å². The highest BCUT2D eigenvalue weighted by molar-refractivity contribution is 9.10. The van der Waals surface area contributed by atoms with E-state index in [2.05, 4.69) is 119 Å². The van der Waals surface area contributed by atoms with E-state index in [9.17, 15) is 0 Å². The number of fused-ring (bicyclic) bond motifs is 5. The minimum absolute atomic E-state index is 0.297. The lowest BCUT2D eigenvalue weighted by molar-refractivity contribution is 0.865. The van der Waals surface area contributed by atoms with Crippen LogP contribution in [-0.2, 0) is 0 Å². The van der Waals surface area contributed by atoms with Gasteiger partial charge in [-0.3, -0.25) is 0 Å². The van der Waals surface area contributed by atoms with Crippen LogP contribution in [0.25, 0.3) is 65.7 Å². The van der Waals surface area contributed by atoms with E-state index >= 15 is 0 Å². The standard InChI is InChI=1S/C36H22BrCl/c37-30-18-17-27-33-24(30)14-8-15-26(33)35-32(21-9-2-1-3-10-21)28-19-22-11-4-5-12-23(22)20-29(28)34(36(27)35)25-13-6-7-16-31(25)38/h1-9,11-21H,10H2. The molecule has 0 bridgehead atoms. The molecule has 1 atom stereocenters. The molecule has 0 spiro atoms. The van der Waals surface area contributed by atoms with Gasteiger partial charge in [0.15, 0.2) is 0 Å². The monoisotopic (exact) mass is 568 g/mol. The van der Waals surface area contributed by atoms with Crippen LogP contribution in [0.1, 0.15) is 17.9 Å². The summed E-state index contributed by atoms with van der Waals surface area (Å²) in [5, 5.41) is 8.43. The third kappa shape index (κ3) is 3.10. The van der Waals surface area contributed by atoms with Crippen molar-refractivity contribution in [2.24, 2.45) is 0 Å². The van der Waals surface area contributed by atoms with Gasteiger partial charge in [0.05, 0.1) is 0 Å². The first-order valence-corrected chi connectivity index (χ1v) is 14.2. The van der Waals surface area contributed by atoms with Gasteiger partial charge >= 0.3 is 0 Å². The van der Waals surface area contributed by atoms with Crippen LogP contribution in [0.4, 0.5) is 0 Å². The minimum Gasteiger partial charge on any atom is -0.0837 e. The van der Waals surface area contributed by atoms with Gasteiger partial charge in [0.1, 0.15) is 0 Å².